The van der Waals surface area contributed by atoms with Crippen molar-refractivity contribution in [3.63, 3.8) is 0 Å². The molecule has 0 bridgehead atoms. The molecule has 248 valence electrons. The van der Waals surface area contributed by atoms with Gasteiger partial charge >= 0.3 is 0 Å². The smallest absolute Gasteiger partial charge is 0.251 e. The Morgan fingerprint density at radius 3 is 2.26 bits per heavy atom. The van der Waals surface area contributed by atoms with Crippen molar-refractivity contribution in [3.8, 4) is 11.5 Å². The first-order valence-electron chi connectivity index (χ1n) is 17.5. The molecule has 0 aromatic heterocycles. The number of hydrogen-bond donors (Lipinski definition) is 3. The topological polar surface area (TPSA) is 111 Å². The van der Waals surface area contributed by atoms with E-state index in [1.54, 1.807) is 12.1 Å². The molecule has 9 heteroatoms. The zero-order valence-electron chi connectivity index (χ0n) is 27.2. The third-order valence-electron chi connectivity index (χ3n) is 10.6. The van der Waals surface area contributed by atoms with Gasteiger partial charge in [-0.25, -0.2) is 0 Å². The molecule has 2 aromatic rings. The molecule has 4 fully saturated rings. The zero-order chi connectivity index (χ0) is 32.1. The summed E-state index contributed by atoms with van der Waals surface area (Å²) < 4.78 is 6.03. The summed E-state index contributed by atoms with van der Waals surface area (Å²) in [5.74, 6) is 1.85. The Morgan fingerprint density at radius 2 is 1.63 bits per heavy atom. The van der Waals surface area contributed by atoms with Crippen LogP contribution in [0.3, 0.4) is 0 Å². The van der Waals surface area contributed by atoms with Crippen LogP contribution in [0.1, 0.15) is 93.5 Å². The first-order chi connectivity index (χ1) is 22.4. The van der Waals surface area contributed by atoms with E-state index in [4.69, 9.17) is 4.74 Å². The van der Waals surface area contributed by atoms with Crippen molar-refractivity contribution >= 4 is 17.7 Å². The van der Waals surface area contributed by atoms with Gasteiger partial charge in [0.2, 0.25) is 11.8 Å². The van der Waals surface area contributed by atoms with Gasteiger partial charge in [0, 0.05) is 38.3 Å². The van der Waals surface area contributed by atoms with E-state index in [1.165, 1.54) is 19.3 Å². The number of rotatable bonds is 12. The van der Waals surface area contributed by atoms with E-state index in [9.17, 15) is 19.5 Å². The van der Waals surface area contributed by atoms with Crippen LogP contribution < -0.4 is 15.4 Å². The second kappa shape index (κ2) is 14.6. The largest absolute Gasteiger partial charge is 0.457 e. The van der Waals surface area contributed by atoms with Crippen LogP contribution in [-0.4, -0.2) is 76.5 Å². The quantitative estimate of drug-likeness (QED) is 0.304. The van der Waals surface area contributed by atoms with Gasteiger partial charge < -0.3 is 25.4 Å². The molecule has 1 spiro atoms. The fourth-order valence-electron chi connectivity index (χ4n) is 7.43. The van der Waals surface area contributed by atoms with E-state index in [-0.39, 0.29) is 23.6 Å². The normalized spacial score (nSPS) is 22.8. The van der Waals surface area contributed by atoms with Gasteiger partial charge in [-0.3, -0.25) is 19.3 Å². The fourth-order valence-corrected chi connectivity index (χ4v) is 7.43. The molecule has 2 heterocycles. The Hall–Kier alpha value is -3.43. The highest BCUT2D eigenvalue weighted by molar-refractivity contribution is 6.00. The number of nitrogens with one attached hydrogen (secondary N) is 2. The summed E-state index contributed by atoms with van der Waals surface area (Å²) in [6.45, 7) is 5.56. The maximum absolute atomic E-state index is 13.9. The number of carbonyl (C=O) groups excluding carboxylic acids is 3. The molecule has 2 atom stereocenters. The Balaban J connectivity index is 1.03. The fraction of sp³-hybridized carbons (Fsp3) is 0.595. The van der Waals surface area contributed by atoms with Gasteiger partial charge in [-0.15, -0.1) is 0 Å². The monoisotopic (exact) mass is 630 g/mol. The molecule has 3 N–H and O–H groups in total. The van der Waals surface area contributed by atoms with Crippen molar-refractivity contribution in [1.29, 1.82) is 0 Å². The molecule has 2 aliphatic heterocycles. The van der Waals surface area contributed by atoms with Crippen LogP contribution in [0.4, 0.5) is 0 Å². The number of piperidine rings is 1. The van der Waals surface area contributed by atoms with Crippen molar-refractivity contribution < 1.29 is 24.2 Å². The minimum Gasteiger partial charge on any atom is -0.457 e. The molecule has 2 saturated carbocycles. The van der Waals surface area contributed by atoms with Crippen molar-refractivity contribution in [2.45, 2.75) is 102 Å². The predicted octanol–water partition coefficient (Wildman–Crippen LogP) is 5.02. The van der Waals surface area contributed by atoms with Crippen molar-refractivity contribution in [1.82, 2.24) is 20.4 Å². The number of nitrogens with zero attached hydrogens (tertiary/aromatic N) is 2. The number of benzene rings is 2. The molecular formula is C37H50N4O5. The molecule has 2 aliphatic carbocycles. The van der Waals surface area contributed by atoms with E-state index in [2.05, 4.69) is 34.6 Å². The number of aliphatic hydroxyl groups is 1. The van der Waals surface area contributed by atoms with E-state index in [0.717, 1.165) is 62.9 Å². The first kappa shape index (κ1) is 32.5. The third kappa shape index (κ3) is 7.41. The zero-order valence-corrected chi connectivity index (χ0v) is 27.2. The minimum atomic E-state index is -0.851. The Kier molecular flexibility index (Phi) is 10.3. The highest BCUT2D eigenvalue weighted by Crippen LogP contribution is 2.37. The summed E-state index contributed by atoms with van der Waals surface area (Å²) in [6.07, 6.45) is 9.66. The molecule has 6 rings (SSSR count). The number of piperazine rings is 1. The van der Waals surface area contributed by atoms with Crippen LogP contribution in [0.5, 0.6) is 11.5 Å². The lowest BCUT2D eigenvalue weighted by Crippen LogP contribution is -2.75. The highest BCUT2D eigenvalue weighted by Gasteiger charge is 2.55. The number of hydrogen-bond acceptors (Lipinski definition) is 6. The first-order valence-corrected chi connectivity index (χ1v) is 17.5. The lowest BCUT2D eigenvalue weighted by Gasteiger charge is -2.52. The van der Waals surface area contributed by atoms with Crippen LogP contribution in [-0.2, 0) is 16.1 Å². The predicted molar refractivity (Wildman–Crippen MR) is 176 cm³/mol. The second-order valence-corrected chi connectivity index (χ2v) is 13.9. The number of carbonyl (C=O) groups is 3. The Bertz CT molecular complexity index is 1340. The average Bonchev–Trinajstić information content (AvgIpc) is 3.92. The van der Waals surface area contributed by atoms with Crippen molar-refractivity contribution in [3.05, 3.63) is 59.7 Å². The number of aliphatic hydroxyl groups excluding tert-OH is 1. The lowest BCUT2D eigenvalue weighted by molar-refractivity contribution is -0.166. The summed E-state index contributed by atoms with van der Waals surface area (Å²) in [7, 11) is 0. The summed E-state index contributed by atoms with van der Waals surface area (Å²) in [4.78, 5) is 44.1. The number of unbranched alkanes of at least 4 members (excludes halogenated alkanes) is 1. The Labute approximate surface area is 273 Å². The molecule has 3 amide bonds. The molecule has 2 saturated heterocycles. The van der Waals surface area contributed by atoms with Crippen LogP contribution in [0, 0.1) is 11.8 Å². The number of ether oxygens (including phenoxy) is 1. The molecule has 9 nitrogen and oxygen atoms in total. The molecule has 2 aromatic carbocycles. The van der Waals surface area contributed by atoms with Crippen LogP contribution in [0.15, 0.2) is 48.5 Å². The number of amides is 3. The highest BCUT2D eigenvalue weighted by atomic mass is 16.5. The molecule has 1 unspecified atom stereocenters. The summed E-state index contributed by atoms with van der Waals surface area (Å²) >= 11 is 0. The SMILES string of the molecule is CCCCN1C(=O)[C@@H](C(O)C2CCCCC2)NC(=O)C12CCN(Cc1ccc(Oc3ccc(C(=O)NCC4CC4)cc3)cc1)CC2. The summed E-state index contributed by atoms with van der Waals surface area (Å²) in [6, 6.07) is 14.4. The Morgan fingerprint density at radius 1 is 0.978 bits per heavy atom. The van der Waals surface area contributed by atoms with Gasteiger partial charge in [0.25, 0.3) is 5.91 Å². The average molecular weight is 631 g/mol. The van der Waals surface area contributed by atoms with Gasteiger partial charge in [-0.2, -0.15) is 0 Å². The lowest BCUT2D eigenvalue weighted by atomic mass is 9.78. The van der Waals surface area contributed by atoms with E-state index >= 15 is 0 Å². The van der Waals surface area contributed by atoms with Gasteiger partial charge in [-0.1, -0.05) is 44.7 Å². The molecule has 0 radical (unpaired) electrons. The summed E-state index contributed by atoms with van der Waals surface area (Å²) in [5, 5.41) is 17.2. The maximum Gasteiger partial charge on any atom is 0.251 e. The standard InChI is InChI=1S/C37H50N4O5/c1-2-3-21-41-35(44)32(33(42)28-7-5-4-6-8-28)39-36(45)37(41)19-22-40(23-20-37)25-27-11-15-30(16-12-27)46-31-17-13-29(14-18-31)34(43)38-24-26-9-10-26/h11-18,26,28,32-33,42H,2-10,19-25H2,1H3,(H,38,43)(H,39,45)/t32-,33?/m1/s1. The van der Waals surface area contributed by atoms with E-state index in [0.29, 0.717) is 49.7 Å². The maximum atomic E-state index is 13.9. The van der Waals surface area contributed by atoms with Crippen LogP contribution in [0.2, 0.25) is 0 Å². The molecule has 46 heavy (non-hydrogen) atoms. The molecule has 4 aliphatic rings. The van der Waals surface area contributed by atoms with Crippen LogP contribution >= 0.6 is 0 Å². The van der Waals surface area contributed by atoms with Crippen molar-refractivity contribution in [2.24, 2.45) is 11.8 Å². The number of likely N-dealkylation sites (tertiary alicyclic amines) is 1. The minimum absolute atomic E-state index is 0.0477. The molecular weight excluding hydrogens is 580 g/mol. The third-order valence-corrected chi connectivity index (χ3v) is 10.6. The van der Waals surface area contributed by atoms with E-state index < -0.39 is 17.7 Å². The van der Waals surface area contributed by atoms with Crippen LogP contribution in [0.25, 0.3) is 0 Å². The van der Waals surface area contributed by atoms with Gasteiger partial charge in [0.15, 0.2) is 0 Å². The summed E-state index contributed by atoms with van der Waals surface area (Å²) in [5.41, 5.74) is 0.928. The second-order valence-electron chi connectivity index (χ2n) is 13.9. The van der Waals surface area contributed by atoms with Gasteiger partial charge in [0.1, 0.15) is 23.1 Å². The van der Waals surface area contributed by atoms with E-state index in [1.807, 2.05) is 29.2 Å². The van der Waals surface area contributed by atoms with Gasteiger partial charge in [-0.05, 0) is 98.7 Å². The van der Waals surface area contributed by atoms with Gasteiger partial charge in [0.05, 0.1) is 6.10 Å². The van der Waals surface area contributed by atoms with Crippen molar-refractivity contribution in [2.75, 3.05) is 26.2 Å².